The molecule has 2 atom stereocenters. The number of phosphoric acid groups is 1. The van der Waals surface area contributed by atoms with E-state index in [1.54, 1.807) is 0 Å². The van der Waals surface area contributed by atoms with Crippen molar-refractivity contribution in [3.63, 3.8) is 0 Å². The minimum atomic E-state index is -6.23. The van der Waals surface area contributed by atoms with Crippen molar-refractivity contribution in [1.82, 2.24) is 0 Å². The summed E-state index contributed by atoms with van der Waals surface area (Å²) in [7, 11) is -5.94. The van der Waals surface area contributed by atoms with E-state index in [9.17, 15) is 39.7 Å². The predicted molar refractivity (Wildman–Crippen MR) is 38.8 cm³/mol. The van der Waals surface area contributed by atoms with Crippen molar-refractivity contribution in [2.75, 3.05) is 0 Å². The third kappa shape index (κ3) is 3.77. The first-order valence-corrected chi connectivity index (χ1v) is 5.32. The molecule has 18 heavy (non-hydrogen) atoms. The zero-order valence-corrected chi connectivity index (χ0v) is 8.81. The summed E-state index contributed by atoms with van der Waals surface area (Å²) in [5.74, 6) is -12.4. The summed E-state index contributed by atoms with van der Waals surface area (Å²) in [6.45, 7) is 0. The molecule has 0 aromatic heterocycles. The topological polar surface area (TPSA) is 66.8 Å². The smallest absolute Gasteiger partial charge is 0.303 e. The zero-order valence-electron chi connectivity index (χ0n) is 7.91. The summed E-state index contributed by atoms with van der Waals surface area (Å²) in [6, 6.07) is 0. The highest BCUT2D eigenvalue weighted by Crippen LogP contribution is 2.48. The second-order valence-corrected chi connectivity index (χ2v) is 4.09. The molecule has 0 saturated heterocycles. The lowest BCUT2D eigenvalue weighted by Crippen LogP contribution is -2.55. The van der Waals surface area contributed by atoms with Gasteiger partial charge in [-0.3, -0.25) is 0 Å². The summed E-state index contributed by atoms with van der Waals surface area (Å²) in [4.78, 5) is 15.8. The summed E-state index contributed by atoms with van der Waals surface area (Å²) in [5, 5.41) is 0. The average molecular weight is 312 g/mol. The van der Waals surface area contributed by atoms with Gasteiger partial charge in [-0.25, -0.2) is 26.7 Å². The summed E-state index contributed by atoms with van der Waals surface area (Å²) in [5.41, 5.74) is 0. The molecule has 110 valence electrons. The van der Waals surface area contributed by atoms with Crippen LogP contribution in [0.25, 0.3) is 0 Å². The third-order valence-corrected chi connectivity index (χ3v) is 1.99. The van der Waals surface area contributed by atoms with Gasteiger partial charge < -0.3 is 9.79 Å². The van der Waals surface area contributed by atoms with E-state index in [1.807, 2.05) is 0 Å². The maximum absolute atomic E-state index is 12.6. The van der Waals surface area contributed by atoms with Crippen molar-refractivity contribution < 1.29 is 54.0 Å². The standard InChI is InChI=1S/C5H5F8O4P/c6-1(2(7)8)4(10,11)5(12,13)3(9)17-18(14,15)16/h1-3H,(H2,14,15,16). The van der Waals surface area contributed by atoms with Crippen LogP contribution in [-0.4, -0.2) is 40.6 Å². The molecular weight excluding hydrogens is 307 g/mol. The van der Waals surface area contributed by atoms with Crippen molar-refractivity contribution in [2.45, 2.75) is 30.8 Å². The molecule has 4 nitrogen and oxygen atoms in total. The molecule has 0 bridgehead atoms. The van der Waals surface area contributed by atoms with Gasteiger partial charge in [0.05, 0.1) is 0 Å². The van der Waals surface area contributed by atoms with Gasteiger partial charge in [0.15, 0.2) is 0 Å². The normalized spacial score (nSPS) is 17.9. The number of rotatable bonds is 6. The van der Waals surface area contributed by atoms with E-state index in [-0.39, 0.29) is 0 Å². The fourth-order valence-electron chi connectivity index (χ4n) is 0.680. The van der Waals surface area contributed by atoms with Crippen LogP contribution in [0.15, 0.2) is 0 Å². The van der Waals surface area contributed by atoms with Crippen LogP contribution >= 0.6 is 7.82 Å². The van der Waals surface area contributed by atoms with Crippen LogP contribution in [0, 0.1) is 0 Å². The van der Waals surface area contributed by atoms with Gasteiger partial charge in [-0.2, -0.15) is 17.6 Å². The Kier molecular flexibility index (Phi) is 5.14. The lowest BCUT2D eigenvalue weighted by atomic mass is 10.1. The van der Waals surface area contributed by atoms with Gasteiger partial charge in [-0.05, 0) is 0 Å². The molecule has 0 aromatic carbocycles. The molecule has 0 rings (SSSR count). The Hall–Kier alpha value is -0.450. The van der Waals surface area contributed by atoms with Gasteiger partial charge in [0.25, 0.3) is 12.8 Å². The monoisotopic (exact) mass is 312 g/mol. The molecular formula is C5H5F8O4P. The van der Waals surface area contributed by atoms with E-state index >= 15 is 0 Å². The molecule has 2 N–H and O–H groups in total. The van der Waals surface area contributed by atoms with E-state index in [0.29, 0.717) is 0 Å². The Labute approximate surface area is 93.8 Å². The van der Waals surface area contributed by atoms with E-state index < -0.39 is 38.6 Å². The van der Waals surface area contributed by atoms with E-state index in [1.165, 1.54) is 0 Å². The number of phosphoric ester groups is 1. The van der Waals surface area contributed by atoms with Crippen LogP contribution in [0.5, 0.6) is 0 Å². The number of hydrogen-bond donors (Lipinski definition) is 2. The SMILES string of the molecule is O=P(O)(O)OC(F)C(F)(F)C(F)(F)C(F)C(F)F. The average Bonchev–Trinajstić information content (AvgIpc) is 2.13. The third-order valence-electron chi connectivity index (χ3n) is 1.53. The summed E-state index contributed by atoms with van der Waals surface area (Å²) >= 11 is 0. The minimum absolute atomic E-state index is 2.58. The van der Waals surface area contributed by atoms with Crippen molar-refractivity contribution in [1.29, 1.82) is 0 Å². The van der Waals surface area contributed by atoms with Crippen LogP contribution in [0.3, 0.4) is 0 Å². The molecule has 0 aliphatic heterocycles. The molecule has 0 fully saturated rings. The first-order chi connectivity index (χ1) is 7.73. The Bertz CT molecular complexity index is 329. The second kappa shape index (κ2) is 5.27. The highest BCUT2D eigenvalue weighted by Gasteiger charge is 2.70. The quantitative estimate of drug-likeness (QED) is 0.583. The van der Waals surface area contributed by atoms with Gasteiger partial charge in [-0.15, -0.1) is 0 Å². The second-order valence-electron chi connectivity index (χ2n) is 2.89. The number of alkyl halides is 8. The highest BCUT2D eigenvalue weighted by molar-refractivity contribution is 7.46. The molecule has 0 aromatic rings. The maximum atomic E-state index is 12.6. The van der Waals surface area contributed by atoms with Crippen molar-refractivity contribution in [2.24, 2.45) is 0 Å². The molecule has 0 amide bonds. The van der Waals surface area contributed by atoms with Gasteiger partial charge in [0.1, 0.15) is 0 Å². The van der Waals surface area contributed by atoms with Gasteiger partial charge in [0.2, 0.25) is 6.17 Å². The summed E-state index contributed by atoms with van der Waals surface area (Å²) < 4.78 is 110. The minimum Gasteiger partial charge on any atom is -0.303 e. The number of halogens is 8. The van der Waals surface area contributed by atoms with Crippen LogP contribution in [0.2, 0.25) is 0 Å². The molecule has 0 aliphatic carbocycles. The lowest BCUT2D eigenvalue weighted by molar-refractivity contribution is -0.307. The zero-order chi connectivity index (χ0) is 14.9. The Balaban J connectivity index is 5.17. The lowest BCUT2D eigenvalue weighted by Gasteiger charge is -2.30. The Morgan fingerprint density at radius 2 is 1.33 bits per heavy atom. The van der Waals surface area contributed by atoms with Gasteiger partial charge in [-0.1, -0.05) is 0 Å². The molecule has 0 heterocycles. The van der Waals surface area contributed by atoms with Crippen LogP contribution in [0.1, 0.15) is 0 Å². The van der Waals surface area contributed by atoms with Crippen molar-refractivity contribution in [3.05, 3.63) is 0 Å². The van der Waals surface area contributed by atoms with E-state index in [4.69, 9.17) is 9.79 Å². The Morgan fingerprint density at radius 1 is 0.944 bits per heavy atom. The predicted octanol–water partition coefficient (Wildman–Crippen LogP) is 2.27. The van der Waals surface area contributed by atoms with E-state index in [0.717, 1.165) is 0 Å². The van der Waals surface area contributed by atoms with Crippen LogP contribution in [0.4, 0.5) is 35.1 Å². The van der Waals surface area contributed by atoms with Gasteiger partial charge >= 0.3 is 19.7 Å². The maximum Gasteiger partial charge on any atom is 0.472 e. The molecule has 13 heteroatoms. The van der Waals surface area contributed by atoms with E-state index in [2.05, 4.69) is 4.52 Å². The number of hydrogen-bond acceptors (Lipinski definition) is 2. The van der Waals surface area contributed by atoms with Crippen molar-refractivity contribution in [3.8, 4) is 0 Å². The first-order valence-electron chi connectivity index (χ1n) is 3.79. The fraction of sp³-hybridized carbons (Fsp3) is 1.00. The fourth-order valence-corrected chi connectivity index (χ4v) is 1.05. The van der Waals surface area contributed by atoms with Crippen molar-refractivity contribution >= 4 is 7.82 Å². The van der Waals surface area contributed by atoms with Crippen LogP contribution < -0.4 is 0 Å². The molecule has 0 spiro atoms. The largest absolute Gasteiger partial charge is 0.472 e. The molecule has 0 saturated carbocycles. The first kappa shape index (κ1) is 17.6. The van der Waals surface area contributed by atoms with Gasteiger partial charge in [0, 0.05) is 0 Å². The summed E-state index contributed by atoms with van der Waals surface area (Å²) in [6.07, 6.45) is -14.0. The molecule has 0 radical (unpaired) electrons. The van der Waals surface area contributed by atoms with Crippen LogP contribution in [-0.2, 0) is 9.09 Å². The highest BCUT2D eigenvalue weighted by atomic mass is 31.2. The molecule has 0 aliphatic rings. The molecule has 2 unspecified atom stereocenters. The Morgan fingerprint density at radius 3 is 1.61 bits per heavy atom.